The molecular formula is C23H32N4O2S. The molecule has 7 heteroatoms. The van der Waals surface area contributed by atoms with E-state index in [1.165, 1.54) is 24.6 Å². The molecule has 0 saturated carbocycles. The van der Waals surface area contributed by atoms with Crippen LogP contribution in [0, 0.1) is 0 Å². The zero-order valence-corrected chi connectivity index (χ0v) is 18.9. The maximum Gasteiger partial charge on any atom is 0.242 e. The van der Waals surface area contributed by atoms with Crippen LogP contribution in [0.5, 0.6) is 0 Å². The number of hydrogen-bond donors (Lipinski definition) is 0. The van der Waals surface area contributed by atoms with Gasteiger partial charge in [-0.3, -0.25) is 9.59 Å². The number of imidazole rings is 1. The molecule has 1 aromatic carbocycles. The largest absolute Gasteiger partial charge is 0.341 e. The smallest absolute Gasteiger partial charge is 0.242 e. The number of fused-ring (bicyclic) bond motifs is 1. The molecule has 2 fully saturated rings. The number of amides is 2. The molecule has 2 saturated heterocycles. The predicted octanol–water partition coefficient (Wildman–Crippen LogP) is 3.93. The highest BCUT2D eigenvalue weighted by Gasteiger charge is 2.29. The molecule has 0 radical (unpaired) electrons. The third-order valence-corrected chi connectivity index (χ3v) is 7.39. The zero-order valence-electron chi connectivity index (χ0n) is 18.0. The van der Waals surface area contributed by atoms with Gasteiger partial charge in [0, 0.05) is 25.2 Å². The minimum Gasteiger partial charge on any atom is -0.341 e. The zero-order chi connectivity index (χ0) is 21.1. The number of hydrogen-bond acceptors (Lipinski definition) is 4. The van der Waals surface area contributed by atoms with E-state index in [9.17, 15) is 9.59 Å². The van der Waals surface area contributed by atoms with E-state index in [2.05, 4.69) is 13.8 Å². The number of carbonyl (C=O) groups excluding carboxylic acids is 2. The molecule has 2 amide bonds. The molecule has 30 heavy (non-hydrogen) atoms. The van der Waals surface area contributed by atoms with Crippen molar-refractivity contribution < 1.29 is 9.59 Å². The summed E-state index contributed by atoms with van der Waals surface area (Å²) in [4.78, 5) is 34.7. The quantitative estimate of drug-likeness (QED) is 0.677. The fourth-order valence-corrected chi connectivity index (χ4v) is 5.69. The van der Waals surface area contributed by atoms with E-state index < -0.39 is 0 Å². The van der Waals surface area contributed by atoms with Crippen LogP contribution in [-0.2, 0) is 16.1 Å². The van der Waals surface area contributed by atoms with Gasteiger partial charge in [-0.05, 0) is 64.5 Å². The third-order valence-electron chi connectivity index (χ3n) is 6.43. The van der Waals surface area contributed by atoms with Crippen LogP contribution in [0.1, 0.15) is 52.4 Å². The number of nitrogens with zero attached hydrogens (tertiary/aromatic N) is 4. The Hall–Kier alpha value is -2.02. The second-order valence-electron chi connectivity index (χ2n) is 8.63. The molecule has 2 aromatic rings. The molecule has 6 nitrogen and oxygen atoms in total. The molecule has 0 unspecified atom stereocenters. The van der Waals surface area contributed by atoms with Crippen LogP contribution in [0.25, 0.3) is 11.0 Å². The monoisotopic (exact) mass is 428 g/mol. The van der Waals surface area contributed by atoms with Crippen molar-refractivity contribution >= 4 is 34.6 Å². The summed E-state index contributed by atoms with van der Waals surface area (Å²) in [6.45, 7) is 6.26. The second-order valence-corrected chi connectivity index (χ2v) is 9.57. The lowest BCUT2D eigenvalue weighted by Gasteiger charge is -2.39. The van der Waals surface area contributed by atoms with Crippen molar-refractivity contribution in [1.29, 1.82) is 0 Å². The molecule has 1 aromatic heterocycles. The van der Waals surface area contributed by atoms with Crippen molar-refractivity contribution in [2.45, 2.75) is 76.2 Å². The number of piperidine rings is 2. The summed E-state index contributed by atoms with van der Waals surface area (Å²) in [5.74, 6) is 0.667. The first-order chi connectivity index (χ1) is 14.5. The second kappa shape index (κ2) is 9.41. The third kappa shape index (κ3) is 4.51. The molecule has 0 aliphatic carbocycles. The van der Waals surface area contributed by atoms with Crippen LogP contribution in [0.4, 0.5) is 0 Å². The summed E-state index contributed by atoms with van der Waals surface area (Å²) in [6.07, 6.45) is 6.70. The summed E-state index contributed by atoms with van der Waals surface area (Å²) >= 11 is 1.46. The molecule has 0 N–H and O–H groups in total. The number of aromatic nitrogens is 2. The van der Waals surface area contributed by atoms with Gasteiger partial charge in [-0.1, -0.05) is 23.9 Å². The summed E-state index contributed by atoms with van der Waals surface area (Å²) in [5.41, 5.74) is 1.83. The SMILES string of the molecule is C[C@H]1CCC[C@H](C)N1C(=O)CSc1nc2ccccc2n1CC(=O)N1CCCCC1. The standard InChI is InChI=1S/C23H32N4O2S/c1-17-9-8-10-18(2)27(17)22(29)16-30-23-24-19-11-4-5-12-20(19)26(23)15-21(28)25-13-6-3-7-14-25/h4-5,11-12,17-18H,3,6-10,13-16H2,1-2H3/t17-,18-/m0/s1. The van der Waals surface area contributed by atoms with Crippen LogP contribution in [-0.4, -0.2) is 62.1 Å². The van der Waals surface area contributed by atoms with Gasteiger partial charge < -0.3 is 14.4 Å². The maximum absolute atomic E-state index is 13.0. The Labute approximate surface area is 183 Å². The van der Waals surface area contributed by atoms with Crippen molar-refractivity contribution in [3.05, 3.63) is 24.3 Å². The Bertz CT molecular complexity index is 896. The topological polar surface area (TPSA) is 58.4 Å². The van der Waals surface area contributed by atoms with Crippen molar-refractivity contribution in [2.24, 2.45) is 0 Å². The van der Waals surface area contributed by atoms with Crippen LogP contribution < -0.4 is 0 Å². The van der Waals surface area contributed by atoms with Gasteiger partial charge in [0.2, 0.25) is 11.8 Å². The minimum atomic E-state index is 0.143. The van der Waals surface area contributed by atoms with Crippen molar-refractivity contribution in [2.75, 3.05) is 18.8 Å². The molecule has 2 aliphatic rings. The predicted molar refractivity (Wildman–Crippen MR) is 121 cm³/mol. The van der Waals surface area contributed by atoms with Gasteiger partial charge in [0.25, 0.3) is 0 Å². The normalized spacial score (nSPS) is 22.5. The van der Waals surface area contributed by atoms with Crippen LogP contribution in [0.15, 0.2) is 29.4 Å². The molecule has 3 heterocycles. The molecule has 2 aliphatic heterocycles. The van der Waals surface area contributed by atoms with Crippen molar-refractivity contribution in [3.63, 3.8) is 0 Å². The lowest BCUT2D eigenvalue weighted by atomic mass is 9.98. The molecular weight excluding hydrogens is 396 g/mol. The van der Waals surface area contributed by atoms with Gasteiger partial charge in [-0.25, -0.2) is 4.98 Å². The van der Waals surface area contributed by atoms with E-state index in [1.807, 2.05) is 38.6 Å². The van der Waals surface area contributed by atoms with E-state index in [0.717, 1.165) is 55.0 Å². The first-order valence-corrected chi connectivity index (χ1v) is 12.2. The Morgan fingerprint density at radius 3 is 2.43 bits per heavy atom. The maximum atomic E-state index is 13.0. The fourth-order valence-electron chi connectivity index (χ4n) is 4.81. The molecule has 162 valence electrons. The Balaban J connectivity index is 1.51. The lowest BCUT2D eigenvalue weighted by molar-refractivity contribution is -0.134. The Morgan fingerprint density at radius 1 is 1.00 bits per heavy atom. The van der Waals surface area contributed by atoms with E-state index in [0.29, 0.717) is 17.8 Å². The van der Waals surface area contributed by atoms with Crippen LogP contribution >= 0.6 is 11.8 Å². The summed E-state index contributed by atoms with van der Waals surface area (Å²) in [6, 6.07) is 8.50. The van der Waals surface area contributed by atoms with Gasteiger partial charge in [-0.15, -0.1) is 0 Å². The highest BCUT2D eigenvalue weighted by atomic mass is 32.2. The molecule has 0 bridgehead atoms. The number of para-hydroxylation sites is 2. The summed E-state index contributed by atoms with van der Waals surface area (Å²) in [5, 5.41) is 0.757. The number of benzene rings is 1. The van der Waals surface area contributed by atoms with E-state index in [1.54, 1.807) is 0 Å². The average Bonchev–Trinajstić information content (AvgIpc) is 3.10. The van der Waals surface area contributed by atoms with Gasteiger partial charge in [0.1, 0.15) is 6.54 Å². The highest BCUT2D eigenvalue weighted by Crippen LogP contribution is 2.27. The number of carbonyl (C=O) groups is 2. The van der Waals surface area contributed by atoms with Crippen molar-refractivity contribution in [1.82, 2.24) is 19.4 Å². The first-order valence-electron chi connectivity index (χ1n) is 11.2. The first kappa shape index (κ1) is 21.2. The minimum absolute atomic E-state index is 0.143. The number of rotatable bonds is 5. The Morgan fingerprint density at radius 2 is 1.70 bits per heavy atom. The van der Waals surface area contributed by atoms with Gasteiger partial charge in [0.05, 0.1) is 16.8 Å². The van der Waals surface area contributed by atoms with Gasteiger partial charge >= 0.3 is 0 Å². The Kier molecular flexibility index (Phi) is 6.66. The van der Waals surface area contributed by atoms with E-state index in [4.69, 9.17) is 4.98 Å². The fraction of sp³-hybridized carbons (Fsp3) is 0.609. The van der Waals surface area contributed by atoms with Crippen molar-refractivity contribution in [3.8, 4) is 0 Å². The lowest BCUT2D eigenvalue weighted by Crippen LogP contribution is -2.48. The van der Waals surface area contributed by atoms with Gasteiger partial charge in [0.15, 0.2) is 5.16 Å². The number of thioether (sulfide) groups is 1. The molecule has 2 atom stereocenters. The summed E-state index contributed by atoms with van der Waals surface area (Å²) < 4.78 is 1.99. The van der Waals surface area contributed by atoms with E-state index in [-0.39, 0.29) is 18.4 Å². The molecule has 0 spiro atoms. The highest BCUT2D eigenvalue weighted by molar-refractivity contribution is 7.99. The average molecular weight is 429 g/mol. The van der Waals surface area contributed by atoms with Gasteiger partial charge in [-0.2, -0.15) is 0 Å². The number of likely N-dealkylation sites (tertiary alicyclic amines) is 2. The van der Waals surface area contributed by atoms with E-state index >= 15 is 0 Å². The summed E-state index contributed by atoms with van der Waals surface area (Å²) in [7, 11) is 0. The van der Waals surface area contributed by atoms with Crippen LogP contribution in [0.3, 0.4) is 0 Å². The molecule has 4 rings (SSSR count). The van der Waals surface area contributed by atoms with Crippen LogP contribution in [0.2, 0.25) is 0 Å².